The Morgan fingerprint density at radius 3 is 1.50 bits per heavy atom. The SMILES string of the molecule is Oc1cccc(C2=NCC(c3cccc(O)c3)=NC2)c1. The second-order valence-corrected chi connectivity index (χ2v) is 4.63. The molecule has 0 atom stereocenters. The summed E-state index contributed by atoms with van der Waals surface area (Å²) in [6, 6.07) is 14.0. The van der Waals surface area contributed by atoms with Gasteiger partial charge in [-0.25, -0.2) is 0 Å². The van der Waals surface area contributed by atoms with Crippen molar-refractivity contribution in [1.82, 2.24) is 0 Å². The number of aromatic hydroxyl groups is 2. The monoisotopic (exact) mass is 266 g/mol. The summed E-state index contributed by atoms with van der Waals surface area (Å²) in [5, 5.41) is 19.0. The van der Waals surface area contributed by atoms with Gasteiger partial charge in [0.05, 0.1) is 24.5 Å². The molecule has 2 N–H and O–H groups in total. The largest absolute Gasteiger partial charge is 0.508 e. The van der Waals surface area contributed by atoms with E-state index in [4.69, 9.17) is 0 Å². The van der Waals surface area contributed by atoms with Gasteiger partial charge in [-0.3, -0.25) is 9.98 Å². The van der Waals surface area contributed by atoms with Crippen LogP contribution in [-0.2, 0) is 0 Å². The van der Waals surface area contributed by atoms with E-state index in [1.807, 2.05) is 12.1 Å². The Morgan fingerprint density at radius 2 is 1.15 bits per heavy atom. The maximum Gasteiger partial charge on any atom is 0.116 e. The molecule has 0 fully saturated rings. The van der Waals surface area contributed by atoms with Gasteiger partial charge in [-0.1, -0.05) is 24.3 Å². The molecule has 100 valence electrons. The molecule has 0 radical (unpaired) electrons. The molecule has 0 unspecified atom stereocenters. The molecule has 4 nitrogen and oxygen atoms in total. The van der Waals surface area contributed by atoms with Crippen LogP contribution >= 0.6 is 0 Å². The highest BCUT2D eigenvalue weighted by molar-refractivity contribution is 6.11. The number of aliphatic imine (C=N–C) groups is 2. The number of hydrogen-bond acceptors (Lipinski definition) is 4. The van der Waals surface area contributed by atoms with Crippen LogP contribution in [0.15, 0.2) is 58.5 Å². The average Bonchev–Trinajstić information content (AvgIpc) is 2.47. The van der Waals surface area contributed by atoms with Crippen molar-refractivity contribution < 1.29 is 10.2 Å². The molecule has 0 aliphatic carbocycles. The summed E-state index contributed by atoms with van der Waals surface area (Å²) >= 11 is 0. The predicted octanol–water partition coefficient (Wildman–Crippen LogP) is 2.39. The molecule has 1 heterocycles. The van der Waals surface area contributed by atoms with E-state index in [1.54, 1.807) is 36.4 Å². The maximum absolute atomic E-state index is 9.49. The minimum atomic E-state index is 0.230. The lowest BCUT2D eigenvalue weighted by Crippen LogP contribution is -2.18. The van der Waals surface area contributed by atoms with E-state index in [2.05, 4.69) is 9.98 Å². The lowest BCUT2D eigenvalue weighted by atomic mass is 10.1. The fourth-order valence-corrected chi connectivity index (χ4v) is 2.18. The van der Waals surface area contributed by atoms with Crippen LogP contribution in [0.25, 0.3) is 0 Å². The highest BCUT2D eigenvalue weighted by Gasteiger charge is 2.12. The zero-order chi connectivity index (χ0) is 13.9. The van der Waals surface area contributed by atoms with Gasteiger partial charge in [0.15, 0.2) is 0 Å². The molecule has 0 amide bonds. The van der Waals surface area contributed by atoms with Crippen molar-refractivity contribution in [3.05, 3.63) is 59.7 Å². The van der Waals surface area contributed by atoms with E-state index in [0.29, 0.717) is 13.1 Å². The third-order valence-electron chi connectivity index (χ3n) is 3.20. The summed E-state index contributed by atoms with van der Waals surface area (Å²) in [5.74, 6) is 0.459. The van der Waals surface area contributed by atoms with Crippen LogP contribution in [0.3, 0.4) is 0 Å². The van der Waals surface area contributed by atoms with Crippen molar-refractivity contribution in [1.29, 1.82) is 0 Å². The van der Waals surface area contributed by atoms with Crippen LogP contribution in [0.2, 0.25) is 0 Å². The zero-order valence-corrected chi connectivity index (χ0v) is 10.8. The Balaban J connectivity index is 1.81. The van der Waals surface area contributed by atoms with Crippen LogP contribution in [-0.4, -0.2) is 34.7 Å². The standard InChI is InChI=1S/C16H14N2O2/c19-13-5-1-3-11(7-13)15-9-18-16(10-17-15)12-4-2-6-14(20)8-12/h1-8,19-20H,9-10H2. The second kappa shape index (κ2) is 5.17. The molecular weight excluding hydrogens is 252 g/mol. The fourth-order valence-electron chi connectivity index (χ4n) is 2.18. The van der Waals surface area contributed by atoms with Crippen LogP contribution in [0.4, 0.5) is 0 Å². The lowest BCUT2D eigenvalue weighted by Gasteiger charge is -2.13. The first-order valence-corrected chi connectivity index (χ1v) is 6.38. The minimum absolute atomic E-state index is 0.230. The van der Waals surface area contributed by atoms with E-state index >= 15 is 0 Å². The Morgan fingerprint density at radius 1 is 0.700 bits per heavy atom. The molecule has 1 aliphatic heterocycles. The van der Waals surface area contributed by atoms with E-state index in [1.165, 1.54) is 0 Å². The molecule has 20 heavy (non-hydrogen) atoms. The summed E-state index contributed by atoms with van der Waals surface area (Å²) < 4.78 is 0. The highest BCUT2D eigenvalue weighted by Crippen LogP contribution is 2.16. The van der Waals surface area contributed by atoms with E-state index in [9.17, 15) is 10.2 Å². The third kappa shape index (κ3) is 2.54. The maximum atomic E-state index is 9.49. The molecular formula is C16H14N2O2. The summed E-state index contributed by atoms with van der Waals surface area (Å²) in [6.45, 7) is 0.961. The zero-order valence-electron chi connectivity index (χ0n) is 10.8. The summed E-state index contributed by atoms with van der Waals surface area (Å²) in [5.41, 5.74) is 3.52. The first kappa shape index (κ1) is 12.4. The van der Waals surface area contributed by atoms with E-state index in [-0.39, 0.29) is 11.5 Å². The molecule has 0 bridgehead atoms. The normalized spacial score (nSPS) is 14.6. The molecule has 0 spiro atoms. The van der Waals surface area contributed by atoms with Crippen molar-refractivity contribution in [3.8, 4) is 11.5 Å². The summed E-state index contributed by atoms with van der Waals surface area (Å²) in [7, 11) is 0. The van der Waals surface area contributed by atoms with Crippen molar-refractivity contribution in [2.45, 2.75) is 0 Å². The van der Waals surface area contributed by atoms with Gasteiger partial charge < -0.3 is 10.2 Å². The molecule has 0 aromatic heterocycles. The predicted molar refractivity (Wildman–Crippen MR) is 79.0 cm³/mol. The number of phenolic OH excluding ortho intramolecular Hbond substituents is 2. The number of hydrogen-bond donors (Lipinski definition) is 2. The topological polar surface area (TPSA) is 65.2 Å². The molecule has 4 heteroatoms. The molecule has 1 aliphatic rings. The van der Waals surface area contributed by atoms with Crippen LogP contribution < -0.4 is 0 Å². The Labute approximate surface area is 116 Å². The van der Waals surface area contributed by atoms with Crippen LogP contribution in [0.5, 0.6) is 11.5 Å². The Kier molecular flexibility index (Phi) is 3.21. The Bertz CT molecular complexity index is 644. The fraction of sp³-hybridized carbons (Fsp3) is 0.125. The van der Waals surface area contributed by atoms with Gasteiger partial charge in [-0.2, -0.15) is 0 Å². The molecule has 2 aromatic rings. The van der Waals surface area contributed by atoms with Gasteiger partial charge >= 0.3 is 0 Å². The summed E-state index contributed by atoms with van der Waals surface area (Å²) in [6.07, 6.45) is 0. The number of benzene rings is 2. The lowest BCUT2D eigenvalue weighted by molar-refractivity contribution is 0.474. The van der Waals surface area contributed by atoms with Gasteiger partial charge in [-0.05, 0) is 24.3 Å². The molecule has 2 aromatic carbocycles. The third-order valence-corrected chi connectivity index (χ3v) is 3.20. The van der Waals surface area contributed by atoms with Gasteiger partial charge in [0.1, 0.15) is 11.5 Å². The quantitative estimate of drug-likeness (QED) is 0.876. The summed E-state index contributed by atoms with van der Waals surface area (Å²) in [4.78, 5) is 9.04. The van der Waals surface area contributed by atoms with Crippen LogP contribution in [0, 0.1) is 0 Å². The van der Waals surface area contributed by atoms with Gasteiger partial charge in [0, 0.05) is 11.1 Å². The van der Waals surface area contributed by atoms with E-state index in [0.717, 1.165) is 22.6 Å². The number of nitrogens with zero attached hydrogens (tertiary/aromatic N) is 2. The van der Waals surface area contributed by atoms with Crippen molar-refractivity contribution in [2.75, 3.05) is 13.1 Å². The van der Waals surface area contributed by atoms with Crippen LogP contribution in [0.1, 0.15) is 11.1 Å². The molecule has 0 saturated carbocycles. The molecule has 0 saturated heterocycles. The van der Waals surface area contributed by atoms with Gasteiger partial charge in [0.2, 0.25) is 0 Å². The van der Waals surface area contributed by atoms with E-state index < -0.39 is 0 Å². The smallest absolute Gasteiger partial charge is 0.116 e. The first-order chi connectivity index (χ1) is 9.72. The Hall–Kier alpha value is -2.62. The number of rotatable bonds is 2. The number of phenols is 2. The van der Waals surface area contributed by atoms with Crippen molar-refractivity contribution in [3.63, 3.8) is 0 Å². The highest BCUT2D eigenvalue weighted by atomic mass is 16.3. The van der Waals surface area contributed by atoms with Crippen molar-refractivity contribution >= 4 is 11.4 Å². The minimum Gasteiger partial charge on any atom is -0.508 e. The second-order valence-electron chi connectivity index (χ2n) is 4.63. The van der Waals surface area contributed by atoms with Gasteiger partial charge in [0.25, 0.3) is 0 Å². The average molecular weight is 266 g/mol. The van der Waals surface area contributed by atoms with Crippen molar-refractivity contribution in [2.24, 2.45) is 9.98 Å². The van der Waals surface area contributed by atoms with Gasteiger partial charge in [-0.15, -0.1) is 0 Å². The molecule has 3 rings (SSSR count). The first-order valence-electron chi connectivity index (χ1n) is 6.38.